The zero-order chi connectivity index (χ0) is 13.8. The Bertz CT molecular complexity index is 521. The van der Waals surface area contributed by atoms with Gasteiger partial charge in [0.25, 0.3) is 0 Å². The van der Waals surface area contributed by atoms with Crippen molar-refractivity contribution < 1.29 is 0 Å². The van der Waals surface area contributed by atoms with Crippen molar-refractivity contribution in [3.05, 3.63) is 30.6 Å². The van der Waals surface area contributed by atoms with Crippen molar-refractivity contribution in [1.29, 1.82) is 0 Å². The molecule has 0 amide bonds. The number of aromatic nitrogens is 4. The molecule has 0 radical (unpaired) electrons. The summed E-state index contributed by atoms with van der Waals surface area (Å²) in [6.45, 7) is 2.37. The van der Waals surface area contributed by atoms with E-state index < -0.39 is 0 Å². The van der Waals surface area contributed by atoms with Gasteiger partial charge in [0.1, 0.15) is 6.33 Å². The number of hydrogen-bond acceptors (Lipinski definition) is 5. The maximum Gasteiger partial charge on any atom is 0.143 e. The third kappa shape index (κ3) is 3.14. The largest absolute Gasteiger partial charge is 0.382 e. The minimum Gasteiger partial charge on any atom is -0.382 e. The molecule has 2 heterocycles. The van der Waals surface area contributed by atoms with Crippen LogP contribution in [0, 0.1) is 0 Å². The first-order valence-electron chi connectivity index (χ1n) is 7.10. The Morgan fingerprint density at radius 2 is 2.00 bits per heavy atom. The lowest BCUT2D eigenvalue weighted by Crippen LogP contribution is -2.22. The molecule has 1 saturated heterocycles. The molecule has 1 aliphatic rings. The Labute approximate surface area is 118 Å². The third-order valence-electron chi connectivity index (χ3n) is 3.80. The molecule has 2 aromatic rings. The van der Waals surface area contributed by atoms with Gasteiger partial charge in [-0.25, -0.2) is 4.68 Å². The summed E-state index contributed by atoms with van der Waals surface area (Å²) in [6, 6.07) is 8.80. The van der Waals surface area contributed by atoms with Gasteiger partial charge in [-0.3, -0.25) is 0 Å². The molecule has 1 aliphatic heterocycles. The van der Waals surface area contributed by atoms with Crippen LogP contribution in [0.4, 0.5) is 5.69 Å². The summed E-state index contributed by atoms with van der Waals surface area (Å²) in [5.74, 6) is 0. The summed E-state index contributed by atoms with van der Waals surface area (Å²) >= 11 is 0. The summed E-state index contributed by atoms with van der Waals surface area (Å²) in [7, 11) is 2.20. The number of nitrogens with one attached hydrogen (secondary N) is 1. The highest BCUT2D eigenvalue weighted by atomic mass is 15.5. The van der Waals surface area contributed by atoms with Gasteiger partial charge in [-0.15, -0.1) is 5.10 Å². The highest BCUT2D eigenvalue weighted by molar-refractivity contribution is 5.48. The molecule has 1 N–H and O–H groups in total. The molecular formula is C14H20N6. The van der Waals surface area contributed by atoms with Crippen LogP contribution in [0.1, 0.15) is 19.3 Å². The predicted octanol–water partition coefficient (Wildman–Crippen LogP) is 1.56. The van der Waals surface area contributed by atoms with E-state index in [1.807, 2.05) is 12.1 Å². The molecule has 1 fully saturated rings. The van der Waals surface area contributed by atoms with Crippen LogP contribution in [0.25, 0.3) is 5.69 Å². The van der Waals surface area contributed by atoms with Gasteiger partial charge in [-0.2, -0.15) is 0 Å². The van der Waals surface area contributed by atoms with E-state index in [1.165, 1.54) is 32.4 Å². The van der Waals surface area contributed by atoms with E-state index in [4.69, 9.17) is 0 Å². The highest BCUT2D eigenvalue weighted by Crippen LogP contribution is 2.17. The van der Waals surface area contributed by atoms with E-state index in [0.29, 0.717) is 6.04 Å². The Balaban J connectivity index is 1.63. The molecule has 1 unspecified atom stereocenters. The van der Waals surface area contributed by atoms with Crippen molar-refractivity contribution >= 4 is 5.69 Å². The molecule has 20 heavy (non-hydrogen) atoms. The molecule has 1 aromatic carbocycles. The number of rotatable bonds is 3. The first-order chi connectivity index (χ1) is 9.81. The normalized spacial score (nSPS) is 20.6. The van der Waals surface area contributed by atoms with Gasteiger partial charge in [-0.1, -0.05) is 0 Å². The lowest BCUT2D eigenvalue weighted by Gasteiger charge is -2.18. The quantitative estimate of drug-likeness (QED) is 0.919. The van der Waals surface area contributed by atoms with Gasteiger partial charge in [0, 0.05) is 11.7 Å². The molecule has 6 heteroatoms. The second-order valence-electron chi connectivity index (χ2n) is 5.38. The number of nitrogens with zero attached hydrogens (tertiary/aromatic N) is 5. The molecule has 1 atom stereocenters. The number of likely N-dealkylation sites (tertiary alicyclic amines) is 1. The Morgan fingerprint density at radius 3 is 2.75 bits per heavy atom. The standard InChI is InChI=1S/C14H20N6/c1-19-9-2-3-12(8-10-19)16-13-4-6-14(7-5-13)20-11-15-17-18-20/h4-7,11-12,16H,2-3,8-10H2,1H3. The van der Waals surface area contributed by atoms with Crippen LogP contribution < -0.4 is 5.32 Å². The summed E-state index contributed by atoms with van der Waals surface area (Å²) in [5.41, 5.74) is 2.14. The van der Waals surface area contributed by atoms with E-state index in [9.17, 15) is 0 Å². The van der Waals surface area contributed by atoms with Crippen LogP contribution in [-0.4, -0.2) is 51.3 Å². The van der Waals surface area contributed by atoms with Crippen LogP contribution in [0.5, 0.6) is 0 Å². The topological polar surface area (TPSA) is 58.9 Å². The number of benzene rings is 1. The fourth-order valence-corrected chi connectivity index (χ4v) is 2.61. The first-order valence-corrected chi connectivity index (χ1v) is 7.10. The fourth-order valence-electron chi connectivity index (χ4n) is 2.61. The predicted molar refractivity (Wildman–Crippen MR) is 77.9 cm³/mol. The number of anilines is 1. The number of hydrogen-bond donors (Lipinski definition) is 1. The molecule has 0 bridgehead atoms. The highest BCUT2D eigenvalue weighted by Gasteiger charge is 2.14. The average molecular weight is 272 g/mol. The van der Waals surface area contributed by atoms with Gasteiger partial charge in [0.05, 0.1) is 5.69 Å². The second kappa shape index (κ2) is 6.00. The maximum absolute atomic E-state index is 3.88. The molecule has 106 valence electrons. The van der Waals surface area contributed by atoms with Gasteiger partial charge < -0.3 is 10.2 Å². The van der Waals surface area contributed by atoms with Crippen molar-refractivity contribution in [2.45, 2.75) is 25.3 Å². The average Bonchev–Trinajstić information content (AvgIpc) is 2.92. The lowest BCUT2D eigenvalue weighted by molar-refractivity contribution is 0.348. The van der Waals surface area contributed by atoms with Crippen LogP contribution in [-0.2, 0) is 0 Å². The van der Waals surface area contributed by atoms with Crippen LogP contribution in [0.3, 0.4) is 0 Å². The van der Waals surface area contributed by atoms with E-state index in [1.54, 1.807) is 11.0 Å². The summed E-state index contributed by atoms with van der Waals surface area (Å²) in [5, 5.41) is 14.8. The number of tetrazole rings is 1. The van der Waals surface area contributed by atoms with Crippen molar-refractivity contribution in [3.8, 4) is 5.69 Å². The molecule has 1 aromatic heterocycles. The molecule has 0 aliphatic carbocycles. The van der Waals surface area contributed by atoms with Crippen molar-refractivity contribution in [2.75, 3.05) is 25.5 Å². The van der Waals surface area contributed by atoms with Crippen LogP contribution in [0.15, 0.2) is 30.6 Å². The van der Waals surface area contributed by atoms with Gasteiger partial charge in [0.2, 0.25) is 0 Å². The van der Waals surface area contributed by atoms with Crippen LogP contribution in [0.2, 0.25) is 0 Å². The third-order valence-corrected chi connectivity index (χ3v) is 3.80. The zero-order valence-electron chi connectivity index (χ0n) is 11.7. The van der Waals surface area contributed by atoms with Gasteiger partial charge in [-0.05, 0) is 74.1 Å². The SMILES string of the molecule is CN1CCCC(Nc2ccc(-n3cnnn3)cc2)CC1. The van der Waals surface area contributed by atoms with Gasteiger partial charge >= 0.3 is 0 Å². The van der Waals surface area contributed by atoms with Crippen molar-refractivity contribution in [1.82, 2.24) is 25.1 Å². The summed E-state index contributed by atoms with van der Waals surface area (Å²) < 4.78 is 1.66. The van der Waals surface area contributed by atoms with Crippen molar-refractivity contribution in [2.24, 2.45) is 0 Å². The smallest absolute Gasteiger partial charge is 0.143 e. The minimum atomic E-state index is 0.568. The summed E-state index contributed by atoms with van der Waals surface area (Å²) in [6.07, 6.45) is 5.30. The first kappa shape index (κ1) is 13.1. The molecule has 6 nitrogen and oxygen atoms in total. The Morgan fingerprint density at radius 1 is 1.15 bits per heavy atom. The van der Waals surface area contributed by atoms with Gasteiger partial charge in [0.15, 0.2) is 0 Å². The van der Waals surface area contributed by atoms with E-state index in [0.717, 1.165) is 11.4 Å². The van der Waals surface area contributed by atoms with E-state index in [-0.39, 0.29) is 0 Å². The fraction of sp³-hybridized carbons (Fsp3) is 0.500. The van der Waals surface area contributed by atoms with E-state index >= 15 is 0 Å². The monoisotopic (exact) mass is 272 g/mol. The Hall–Kier alpha value is -1.95. The minimum absolute atomic E-state index is 0.568. The van der Waals surface area contributed by atoms with Crippen LogP contribution >= 0.6 is 0 Å². The molecule has 0 saturated carbocycles. The van der Waals surface area contributed by atoms with Crippen molar-refractivity contribution in [3.63, 3.8) is 0 Å². The maximum atomic E-state index is 3.88. The lowest BCUT2D eigenvalue weighted by atomic mass is 10.1. The molecular weight excluding hydrogens is 252 g/mol. The molecule has 3 rings (SSSR count). The zero-order valence-corrected chi connectivity index (χ0v) is 11.7. The van der Waals surface area contributed by atoms with E-state index in [2.05, 4.69) is 44.9 Å². The molecule has 0 spiro atoms. The Kier molecular flexibility index (Phi) is 3.92. The second-order valence-corrected chi connectivity index (χ2v) is 5.38. The summed E-state index contributed by atoms with van der Waals surface area (Å²) in [4.78, 5) is 2.41.